The van der Waals surface area contributed by atoms with Crippen molar-refractivity contribution in [2.45, 2.75) is 20.6 Å². The average molecular weight is 129 g/mol. The van der Waals surface area contributed by atoms with E-state index >= 15 is 0 Å². The molecule has 0 saturated heterocycles. The molecule has 0 unspecified atom stereocenters. The maximum absolute atomic E-state index is 7.35. The standard InChI is InChI=1S/C9H12/c1-7-5-4-6-8(2)9(7)3/h4-6H,1-3H3/i1D3,2D3,3D3. The van der Waals surface area contributed by atoms with Crippen LogP contribution in [0, 0.1) is 20.6 Å². The minimum Gasteiger partial charge on any atom is -0.0617 e. The predicted molar refractivity (Wildman–Crippen MR) is 40.7 cm³/mol. The molecule has 0 aliphatic rings. The summed E-state index contributed by atoms with van der Waals surface area (Å²) in [5.41, 5.74) is -1.46. The van der Waals surface area contributed by atoms with E-state index < -0.39 is 37.2 Å². The molecule has 0 nitrogen and oxygen atoms in total. The molecule has 0 spiro atoms. The van der Waals surface area contributed by atoms with E-state index in [4.69, 9.17) is 12.3 Å². The average Bonchev–Trinajstić information content (AvgIpc) is 2.12. The van der Waals surface area contributed by atoms with Crippen molar-refractivity contribution < 1.29 is 12.3 Å². The summed E-state index contributed by atoms with van der Waals surface area (Å²) in [4.78, 5) is 0. The van der Waals surface area contributed by atoms with E-state index in [0.29, 0.717) is 0 Å². The number of aryl methyl sites for hydroxylation is 2. The van der Waals surface area contributed by atoms with E-state index in [1.165, 1.54) is 6.07 Å². The molecule has 1 rings (SSSR count). The van der Waals surface area contributed by atoms with Gasteiger partial charge in [0.1, 0.15) is 0 Å². The molecule has 0 aromatic heterocycles. The van der Waals surface area contributed by atoms with Crippen molar-refractivity contribution in [3.63, 3.8) is 0 Å². The summed E-state index contributed by atoms with van der Waals surface area (Å²) >= 11 is 0. The quantitative estimate of drug-likeness (QED) is 0.505. The molecule has 1 aromatic rings. The van der Waals surface area contributed by atoms with Crippen LogP contribution >= 0.6 is 0 Å². The van der Waals surface area contributed by atoms with Crippen molar-refractivity contribution in [1.29, 1.82) is 0 Å². The van der Waals surface area contributed by atoms with Crippen molar-refractivity contribution in [1.82, 2.24) is 0 Å². The van der Waals surface area contributed by atoms with Gasteiger partial charge in [0, 0.05) is 12.3 Å². The zero-order valence-corrected chi connectivity index (χ0v) is 4.73. The zero-order chi connectivity index (χ0) is 14.4. The predicted octanol–water partition coefficient (Wildman–Crippen LogP) is 2.61. The second-order valence-electron chi connectivity index (χ2n) is 1.73. The lowest BCUT2D eigenvalue weighted by molar-refractivity contribution is 1.27. The number of benzene rings is 1. The Morgan fingerprint density at radius 3 is 2.22 bits per heavy atom. The molecule has 0 heterocycles. The first-order chi connectivity index (χ1) is 7.85. The molecule has 0 atom stereocenters. The van der Waals surface area contributed by atoms with Crippen LogP contribution in [-0.4, -0.2) is 0 Å². The summed E-state index contributed by atoms with van der Waals surface area (Å²) in [6.07, 6.45) is 0. The molecule has 0 saturated carbocycles. The van der Waals surface area contributed by atoms with Crippen LogP contribution in [0.2, 0.25) is 0 Å². The maximum atomic E-state index is 7.35. The highest BCUT2D eigenvalue weighted by molar-refractivity contribution is 5.31. The highest BCUT2D eigenvalue weighted by Gasteiger charge is 1.91. The molecule has 0 fully saturated rings. The smallest absolute Gasteiger partial charge is 0.0280 e. The van der Waals surface area contributed by atoms with Gasteiger partial charge in [0.05, 0.1) is 0 Å². The third-order valence-corrected chi connectivity index (χ3v) is 1.06. The molecular formula is C9H12. The Morgan fingerprint density at radius 2 is 1.78 bits per heavy atom. The Labute approximate surface area is 69.2 Å². The van der Waals surface area contributed by atoms with Crippen molar-refractivity contribution in [3.05, 3.63) is 34.9 Å². The van der Waals surface area contributed by atoms with Gasteiger partial charge in [-0.05, 0) is 37.2 Å². The van der Waals surface area contributed by atoms with Crippen molar-refractivity contribution >= 4 is 0 Å². The van der Waals surface area contributed by atoms with Crippen LogP contribution in [0.4, 0.5) is 0 Å². The minimum absolute atomic E-state index is 0.434. The largest absolute Gasteiger partial charge is 0.0617 e. The first kappa shape index (κ1) is 1.45. The second kappa shape index (κ2) is 2.22. The van der Waals surface area contributed by atoms with E-state index in [2.05, 4.69) is 0 Å². The van der Waals surface area contributed by atoms with Crippen LogP contribution in [0.15, 0.2) is 18.2 Å². The molecular weight excluding hydrogens is 108 g/mol. The molecule has 0 aliphatic heterocycles. The third kappa shape index (κ3) is 1.13. The molecule has 0 bridgehead atoms. The summed E-state index contributed by atoms with van der Waals surface area (Å²) in [5, 5.41) is 0. The van der Waals surface area contributed by atoms with E-state index in [-0.39, 0.29) is 0 Å². The van der Waals surface area contributed by atoms with Gasteiger partial charge in [-0.3, -0.25) is 0 Å². The lowest BCUT2D eigenvalue weighted by Crippen LogP contribution is -1.82. The highest BCUT2D eigenvalue weighted by atomic mass is 14.0. The molecule has 0 aliphatic carbocycles. The van der Waals surface area contributed by atoms with E-state index in [1.54, 1.807) is 0 Å². The molecule has 48 valence electrons. The van der Waals surface area contributed by atoms with Crippen LogP contribution in [0.1, 0.15) is 29.0 Å². The van der Waals surface area contributed by atoms with Crippen molar-refractivity contribution in [3.8, 4) is 0 Å². The summed E-state index contributed by atoms with van der Waals surface area (Å²) in [5.74, 6) is 0. The van der Waals surface area contributed by atoms with Gasteiger partial charge in [-0.2, -0.15) is 0 Å². The molecule has 0 radical (unpaired) electrons. The number of hydrogen-bond donors (Lipinski definition) is 0. The molecule has 0 heteroatoms. The van der Waals surface area contributed by atoms with Crippen LogP contribution < -0.4 is 0 Å². The molecule has 9 heavy (non-hydrogen) atoms. The third-order valence-electron chi connectivity index (χ3n) is 1.06. The summed E-state index contributed by atoms with van der Waals surface area (Å²) in [6, 6.07) is 3.51. The first-order valence-corrected chi connectivity index (χ1v) is 2.49. The molecule has 0 amide bonds. The monoisotopic (exact) mass is 129 g/mol. The Hall–Kier alpha value is -0.780. The van der Waals surface area contributed by atoms with E-state index in [0.717, 1.165) is 12.1 Å². The van der Waals surface area contributed by atoms with Gasteiger partial charge in [0.25, 0.3) is 0 Å². The summed E-state index contributed by atoms with van der Waals surface area (Å²) in [6.45, 7) is -8.11. The Balaban J connectivity index is 3.68. The highest BCUT2D eigenvalue weighted by Crippen LogP contribution is 2.09. The number of hydrogen-bond acceptors (Lipinski definition) is 0. The first-order valence-electron chi connectivity index (χ1n) is 6.99. The van der Waals surface area contributed by atoms with Crippen LogP contribution in [-0.2, 0) is 0 Å². The second-order valence-corrected chi connectivity index (χ2v) is 1.73. The fourth-order valence-electron chi connectivity index (χ4n) is 0.552. The summed E-state index contributed by atoms with van der Waals surface area (Å²) in [7, 11) is 0. The van der Waals surface area contributed by atoms with Crippen molar-refractivity contribution in [2.75, 3.05) is 0 Å². The van der Waals surface area contributed by atoms with E-state index in [9.17, 15) is 0 Å². The van der Waals surface area contributed by atoms with Gasteiger partial charge in [-0.15, -0.1) is 0 Å². The minimum atomic E-state index is -2.78. The fourth-order valence-corrected chi connectivity index (χ4v) is 0.552. The lowest BCUT2D eigenvalue weighted by Gasteiger charge is -2.00. The van der Waals surface area contributed by atoms with Gasteiger partial charge >= 0.3 is 0 Å². The van der Waals surface area contributed by atoms with Gasteiger partial charge in [0.15, 0.2) is 0 Å². The Bertz CT molecular complexity index is 403. The normalized spacial score (nSPS) is 28.7. The lowest BCUT2D eigenvalue weighted by atomic mass is 10.1. The zero-order valence-electron chi connectivity index (χ0n) is 13.7. The van der Waals surface area contributed by atoms with E-state index in [1.807, 2.05) is 0 Å². The Morgan fingerprint density at radius 1 is 1.11 bits per heavy atom. The van der Waals surface area contributed by atoms with Gasteiger partial charge in [0.2, 0.25) is 0 Å². The van der Waals surface area contributed by atoms with Crippen molar-refractivity contribution in [2.24, 2.45) is 0 Å². The summed E-state index contributed by atoms with van der Waals surface area (Å²) < 4.78 is 65.8. The Kier molecular flexibility index (Phi) is 0.356. The fraction of sp³-hybridized carbons (Fsp3) is 0.333. The van der Waals surface area contributed by atoms with Crippen LogP contribution in [0.25, 0.3) is 0 Å². The van der Waals surface area contributed by atoms with Crippen LogP contribution in [0.5, 0.6) is 0 Å². The van der Waals surface area contributed by atoms with Gasteiger partial charge < -0.3 is 0 Å². The molecule has 1 aromatic carbocycles. The molecule has 0 N–H and O–H groups in total. The maximum Gasteiger partial charge on any atom is 0.0280 e. The van der Waals surface area contributed by atoms with Crippen LogP contribution in [0.3, 0.4) is 0 Å². The SMILES string of the molecule is [2H]C([2H])([2H])c1cccc(C([2H])([2H])[2H])c1C([2H])([2H])[2H]. The topological polar surface area (TPSA) is 0 Å². The van der Waals surface area contributed by atoms with Gasteiger partial charge in [-0.1, -0.05) is 18.2 Å². The number of rotatable bonds is 0. The van der Waals surface area contributed by atoms with Gasteiger partial charge in [-0.25, -0.2) is 0 Å².